The van der Waals surface area contributed by atoms with Crippen LogP contribution in [0.4, 0.5) is 5.82 Å². The van der Waals surface area contributed by atoms with Crippen molar-refractivity contribution in [2.45, 2.75) is 13.1 Å². The van der Waals surface area contributed by atoms with Gasteiger partial charge in [0.05, 0.1) is 12.8 Å². The van der Waals surface area contributed by atoms with Crippen LogP contribution >= 0.6 is 0 Å². The Labute approximate surface area is 113 Å². The van der Waals surface area contributed by atoms with Gasteiger partial charge in [-0.3, -0.25) is 4.98 Å². The fourth-order valence-corrected chi connectivity index (χ4v) is 1.90. The number of rotatable bonds is 5. The standard InChI is InChI=1S/C14H18N4O/c1-18(14-13(9-15)16-7-8-17-14)10-11-3-5-12(19-2)6-4-11/h3-8H,9-10,15H2,1-2H3. The molecule has 0 unspecified atom stereocenters. The zero-order valence-electron chi connectivity index (χ0n) is 11.2. The molecule has 0 amide bonds. The first-order chi connectivity index (χ1) is 9.24. The van der Waals surface area contributed by atoms with Crippen LogP contribution in [-0.2, 0) is 13.1 Å². The number of nitrogens with two attached hydrogens (primary N) is 1. The highest BCUT2D eigenvalue weighted by atomic mass is 16.5. The number of anilines is 1. The molecule has 0 aliphatic carbocycles. The third-order valence-electron chi connectivity index (χ3n) is 2.89. The lowest BCUT2D eigenvalue weighted by molar-refractivity contribution is 0.414. The summed E-state index contributed by atoms with van der Waals surface area (Å²) in [7, 11) is 3.64. The molecule has 0 atom stereocenters. The lowest BCUT2D eigenvalue weighted by Crippen LogP contribution is -2.21. The zero-order chi connectivity index (χ0) is 13.7. The molecule has 2 N–H and O–H groups in total. The zero-order valence-corrected chi connectivity index (χ0v) is 11.2. The molecule has 0 fully saturated rings. The lowest BCUT2D eigenvalue weighted by Gasteiger charge is -2.20. The number of hydrogen-bond donors (Lipinski definition) is 1. The largest absolute Gasteiger partial charge is 0.497 e. The van der Waals surface area contributed by atoms with Crippen molar-refractivity contribution in [3.63, 3.8) is 0 Å². The Balaban J connectivity index is 2.13. The number of benzene rings is 1. The van der Waals surface area contributed by atoms with Crippen LogP contribution in [0.25, 0.3) is 0 Å². The minimum absolute atomic E-state index is 0.385. The lowest BCUT2D eigenvalue weighted by atomic mass is 10.2. The van der Waals surface area contributed by atoms with E-state index in [1.807, 2.05) is 36.2 Å². The predicted molar refractivity (Wildman–Crippen MR) is 75.0 cm³/mol. The number of ether oxygens (including phenoxy) is 1. The summed E-state index contributed by atoms with van der Waals surface area (Å²) in [5.74, 6) is 1.68. The van der Waals surface area contributed by atoms with E-state index in [0.717, 1.165) is 23.8 Å². The molecule has 2 aromatic rings. The van der Waals surface area contributed by atoms with Crippen molar-refractivity contribution in [3.05, 3.63) is 47.9 Å². The molecule has 5 heteroatoms. The average molecular weight is 258 g/mol. The summed E-state index contributed by atoms with van der Waals surface area (Å²) in [6.07, 6.45) is 3.34. The first-order valence-electron chi connectivity index (χ1n) is 6.08. The molecule has 0 radical (unpaired) electrons. The molecule has 0 saturated heterocycles. The first kappa shape index (κ1) is 13.3. The monoisotopic (exact) mass is 258 g/mol. The van der Waals surface area contributed by atoms with E-state index in [-0.39, 0.29) is 0 Å². The van der Waals surface area contributed by atoms with E-state index in [0.29, 0.717) is 6.54 Å². The third-order valence-corrected chi connectivity index (χ3v) is 2.89. The Kier molecular flexibility index (Phi) is 4.30. The van der Waals surface area contributed by atoms with Gasteiger partial charge in [-0.05, 0) is 17.7 Å². The number of hydrogen-bond acceptors (Lipinski definition) is 5. The quantitative estimate of drug-likeness (QED) is 0.882. The topological polar surface area (TPSA) is 64.3 Å². The normalized spacial score (nSPS) is 10.3. The maximum absolute atomic E-state index is 5.67. The summed E-state index contributed by atoms with van der Waals surface area (Å²) in [6.45, 7) is 1.13. The van der Waals surface area contributed by atoms with Gasteiger partial charge in [0.1, 0.15) is 5.75 Å². The second-order valence-corrected chi connectivity index (χ2v) is 4.23. The van der Waals surface area contributed by atoms with E-state index < -0.39 is 0 Å². The summed E-state index contributed by atoms with van der Waals surface area (Å²) in [4.78, 5) is 10.6. The van der Waals surface area contributed by atoms with E-state index in [4.69, 9.17) is 10.5 Å². The van der Waals surface area contributed by atoms with E-state index in [9.17, 15) is 0 Å². The molecule has 0 spiro atoms. The Morgan fingerprint density at radius 1 is 1.16 bits per heavy atom. The van der Waals surface area contributed by atoms with Crippen molar-refractivity contribution < 1.29 is 4.74 Å². The van der Waals surface area contributed by atoms with Crippen LogP contribution in [0.15, 0.2) is 36.7 Å². The molecule has 0 saturated carbocycles. The summed E-state index contributed by atoms with van der Waals surface area (Å²) in [5.41, 5.74) is 7.66. The van der Waals surface area contributed by atoms with E-state index >= 15 is 0 Å². The van der Waals surface area contributed by atoms with Crippen LogP contribution in [0.2, 0.25) is 0 Å². The molecule has 0 bridgehead atoms. The van der Waals surface area contributed by atoms with E-state index in [2.05, 4.69) is 9.97 Å². The van der Waals surface area contributed by atoms with Crippen LogP contribution < -0.4 is 15.4 Å². The SMILES string of the molecule is COc1ccc(CN(C)c2nccnc2CN)cc1. The van der Waals surface area contributed by atoms with E-state index in [1.54, 1.807) is 19.5 Å². The fraction of sp³-hybridized carbons (Fsp3) is 0.286. The van der Waals surface area contributed by atoms with Crippen LogP contribution in [0.3, 0.4) is 0 Å². The second-order valence-electron chi connectivity index (χ2n) is 4.23. The molecule has 5 nitrogen and oxygen atoms in total. The van der Waals surface area contributed by atoms with Gasteiger partial charge >= 0.3 is 0 Å². The minimum atomic E-state index is 0.385. The van der Waals surface area contributed by atoms with Gasteiger partial charge in [-0.25, -0.2) is 4.98 Å². The van der Waals surface area contributed by atoms with Crippen molar-refractivity contribution in [1.29, 1.82) is 0 Å². The molecule has 1 aromatic heterocycles. The van der Waals surface area contributed by atoms with Crippen LogP contribution in [0, 0.1) is 0 Å². The number of methoxy groups -OCH3 is 1. The van der Waals surface area contributed by atoms with Gasteiger partial charge in [0.25, 0.3) is 0 Å². The molecular weight excluding hydrogens is 240 g/mol. The number of aromatic nitrogens is 2. The third kappa shape index (κ3) is 3.20. The Morgan fingerprint density at radius 3 is 2.47 bits per heavy atom. The summed E-state index contributed by atoms with van der Waals surface area (Å²) in [5, 5.41) is 0. The van der Waals surface area contributed by atoms with E-state index in [1.165, 1.54) is 5.56 Å². The summed E-state index contributed by atoms with van der Waals surface area (Å²) in [6, 6.07) is 7.97. The van der Waals surface area contributed by atoms with Crippen molar-refractivity contribution in [3.8, 4) is 5.75 Å². The van der Waals surface area contributed by atoms with Crippen LogP contribution in [0.5, 0.6) is 5.75 Å². The van der Waals surface area contributed by atoms with Gasteiger partial charge < -0.3 is 15.4 Å². The molecule has 0 aliphatic rings. The Morgan fingerprint density at radius 2 is 1.84 bits per heavy atom. The van der Waals surface area contributed by atoms with Crippen molar-refractivity contribution in [1.82, 2.24) is 9.97 Å². The summed E-state index contributed by atoms with van der Waals surface area (Å²) >= 11 is 0. The van der Waals surface area contributed by atoms with Crippen molar-refractivity contribution >= 4 is 5.82 Å². The Hall–Kier alpha value is -2.14. The molecule has 100 valence electrons. The molecule has 2 rings (SSSR count). The van der Waals surface area contributed by atoms with Gasteiger partial charge in [0, 0.05) is 32.5 Å². The predicted octanol–water partition coefficient (Wildman–Crippen LogP) is 1.58. The average Bonchev–Trinajstić information content (AvgIpc) is 2.48. The molecule has 1 heterocycles. The smallest absolute Gasteiger partial charge is 0.151 e. The van der Waals surface area contributed by atoms with Gasteiger partial charge in [0.15, 0.2) is 5.82 Å². The first-order valence-corrected chi connectivity index (χ1v) is 6.08. The molecular formula is C14H18N4O. The highest BCUT2D eigenvalue weighted by molar-refractivity contribution is 5.43. The molecule has 0 aliphatic heterocycles. The van der Waals surface area contributed by atoms with Crippen molar-refractivity contribution in [2.75, 3.05) is 19.1 Å². The number of nitrogens with zero attached hydrogens (tertiary/aromatic N) is 3. The maximum Gasteiger partial charge on any atom is 0.151 e. The van der Waals surface area contributed by atoms with Gasteiger partial charge in [-0.1, -0.05) is 12.1 Å². The van der Waals surface area contributed by atoms with Gasteiger partial charge in [-0.15, -0.1) is 0 Å². The Bertz CT molecular complexity index is 527. The minimum Gasteiger partial charge on any atom is -0.497 e. The van der Waals surface area contributed by atoms with Crippen LogP contribution in [0.1, 0.15) is 11.3 Å². The highest BCUT2D eigenvalue weighted by Crippen LogP contribution is 2.17. The van der Waals surface area contributed by atoms with Gasteiger partial charge in [-0.2, -0.15) is 0 Å². The van der Waals surface area contributed by atoms with Crippen LogP contribution in [-0.4, -0.2) is 24.1 Å². The highest BCUT2D eigenvalue weighted by Gasteiger charge is 2.09. The van der Waals surface area contributed by atoms with Gasteiger partial charge in [0.2, 0.25) is 0 Å². The maximum atomic E-state index is 5.67. The molecule has 19 heavy (non-hydrogen) atoms. The summed E-state index contributed by atoms with van der Waals surface area (Å²) < 4.78 is 5.14. The van der Waals surface area contributed by atoms with Crippen molar-refractivity contribution in [2.24, 2.45) is 5.73 Å². The molecule has 1 aromatic carbocycles. The fourth-order valence-electron chi connectivity index (χ4n) is 1.90. The second kappa shape index (κ2) is 6.15.